The lowest BCUT2D eigenvalue weighted by molar-refractivity contribution is -0.132. The largest absolute Gasteiger partial charge is 0.497 e. The number of rotatable bonds is 5. The third-order valence-electron chi connectivity index (χ3n) is 4.91. The number of halogens is 1. The zero-order chi connectivity index (χ0) is 19.5. The highest BCUT2D eigenvalue weighted by atomic mass is 35.5. The second-order valence-corrected chi connectivity index (χ2v) is 8.24. The molecule has 0 spiro atoms. The van der Waals surface area contributed by atoms with Crippen molar-refractivity contribution in [2.45, 2.75) is 25.4 Å². The number of carbonyl (C=O) groups is 1. The summed E-state index contributed by atoms with van der Waals surface area (Å²) in [6.07, 6.45) is 2.11. The second-order valence-electron chi connectivity index (χ2n) is 6.81. The van der Waals surface area contributed by atoms with Gasteiger partial charge < -0.3 is 14.4 Å². The summed E-state index contributed by atoms with van der Waals surface area (Å²) < 4.78 is 12.4. The van der Waals surface area contributed by atoms with Crippen molar-refractivity contribution in [1.29, 1.82) is 0 Å². The molecule has 0 saturated carbocycles. The molecule has 0 aliphatic carbocycles. The third kappa shape index (κ3) is 4.39. The van der Waals surface area contributed by atoms with E-state index in [2.05, 4.69) is 4.98 Å². The third-order valence-corrected chi connectivity index (χ3v) is 6.07. The molecule has 1 fully saturated rings. The van der Waals surface area contributed by atoms with E-state index < -0.39 is 0 Å². The van der Waals surface area contributed by atoms with E-state index in [0.29, 0.717) is 29.7 Å². The van der Waals surface area contributed by atoms with Gasteiger partial charge in [-0.2, -0.15) is 0 Å². The Labute approximate surface area is 172 Å². The second kappa shape index (κ2) is 8.37. The Balaban J connectivity index is 1.31. The van der Waals surface area contributed by atoms with Gasteiger partial charge in [-0.3, -0.25) is 4.79 Å². The monoisotopic (exact) mass is 416 g/mol. The number of piperidine rings is 1. The van der Waals surface area contributed by atoms with Crippen LogP contribution in [0.25, 0.3) is 10.2 Å². The number of fused-ring (bicyclic) bond motifs is 1. The minimum atomic E-state index is 0.0852. The fraction of sp³-hybridized carbons (Fsp3) is 0.333. The van der Waals surface area contributed by atoms with Gasteiger partial charge in [-0.1, -0.05) is 35.1 Å². The molecule has 0 unspecified atom stereocenters. The molecule has 3 aromatic rings. The number of carbonyl (C=O) groups excluding carboxylic acids is 1. The van der Waals surface area contributed by atoms with Crippen LogP contribution in [0.5, 0.6) is 10.9 Å². The molecule has 7 heteroatoms. The quantitative estimate of drug-likeness (QED) is 0.611. The summed E-state index contributed by atoms with van der Waals surface area (Å²) in [6, 6.07) is 13.2. The Hall–Kier alpha value is -2.31. The van der Waals surface area contributed by atoms with Gasteiger partial charge in [0.15, 0.2) is 0 Å². The normalized spacial score (nSPS) is 15.0. The molecule has 1 aliphatic heterocycles. The van der Waals surface area contributed by atoms with E-state index in [1.165, 1.54) is 11.3 Å². The summed E-state index contributed by atoms with van der Waals surface area (Å²) in [5, 5.41) is 1.36. The molecule has 1 amide bonds. The lowest BCUT2D eigenvalue weighted by Crippen LogP contribution is -2.42. The van der Waals surface area contributed by atoms with E-state index >= 15 is 0 Å². The number of ether oxygens (including phenoxy) is 2. The van der Waals surface area contributed by atoms with Crippen LogP contribution in [0, 0.1) is 0 Å². The number of hydrogen-bond donors (Lipinski definition) is 0. The molecule has 1 aliphatic rings. The topological polar surface area (TPSA) is 51.7 Å². The molecule has 4 rings (SSSR count). The fourth-order valence-corrected chi connectivity index (χ4v) is 4.35. The van der Waals surface area contributed by atoms with Crippen molar-refractivity contribution in [2.24, 2.45) is 0 Å². The van der Waals surface area contributed by atoms with E-state index in [0.717, 1.165) is 34.4 Å². The number of hydrogen-bond acceptors (Lipinski definition) is 5. The van der Waals surface area contributed by atoms with Crippen LogP contribution in [0.3, 0.4) is 0 Å². The van der Waals surface area contributed by atoms with Crippen molar-refractivity contribution in [3.63, 3.8) is 0 Å². The predicted molar refractivity (Wildman–Crippen MR) is 112 cm³/mol. The van der Waals surface area contributed by atoms with Crippen molar-refractivity contribution in [1.82, 2.24) is 9.88 Å². The molecule has 0 bridgehead atoms. The van der Waals surface area contributed by atoms with Crippen molar-refractivity contribution >= 4 is 39.1 Å². The number of likely N-dealkylation sites (tertiary alicyclic amines) is 1. The lowest BCUT2D eigenvalue weighted by Gasteiger charge is -2.31. The number of aromatic nitrogens is 1. The number of nitrogens with zero attached hydrogens (tertiary/aromatic N) is 2. The van der Waals surface area contributed by atoms with Gasteiger partial charge >= 0.3 is 0 Å². The number of amides is 1. The molecule has 1 aromatic heterocycles. The standard InChI is InChI=1S/C21H21ClN2O3S/c1-26-17-6-7-18-19(13-17)28-21(23-18)27-16-8-10-24(11-9-16)20(25)12-14-2-4-15(22)5-3-14/h2-7,13,16H,8-12H2,1H3. The summed E-state index contributed by atoms with van der Waals surface area (Å²) in [6.45, 7) is 1.41. The summed E-state index contributed by atoms with van der Waals surface area (Å²) in [4.78, 5) is 19.0. The number of benzene rings is 2. The van der Waals surface area contributed by atoms with Crippen molar-refractivity contribution in [2.75, 3.05) is 20.2 Å². The van der Waals surface area contributed by atoms with Crippen molar-refractivity contribution in [3.05, 3.63) is 53.1 Å². The van der Waals surface area contributed by atoms with Crippen LogP contribution in [0.4, 0.5) is 0 Å². The van der Waals surface area contributed by atoms with Crippen LogP contribution in [0.2, 0.25) is 5.02 Å². The van der Waals surface area contributed by atoms with Crippen LogP contribution in [-0.2, 0) is 11.2 Å². The number of methoxy groups -OCH3 is 1. The van der Waals surface area contributed by atoms with Crippen LogP contribution < -0.4 is 9.47 Å². The van der Waals surface area contributed by atoms with E-state index in [9.17, 15) is 4.79 Å². The van der Waals surface area contributed by atoms with Gasteiger partial charge in [0.25, 0.3) is 5.19 Å². The molecule has 0 N–H and O–H groups in total. The van der Waals surface area contributed by atoms with Crippen LogP contribution in [0.15, 0.2) is 42.5 Å². The van der Waals surface area contributed by atoms with Gasteiger partial charge in [-0.05, 0) is 35.9 Å². The zero-order valence-corrected chi connectivity index (χ0v) is 17.1. The maximum atomic E-state index is 12.5. The SMILES string of the molecule is COc1ccc2nc(OC3CCN(C(=O)Cc4ccc(Cl)cc4)CC3)sc2c1. The first-order valence-electron chi connectivity index (χ1n) is 9.24. The molecule has 5 nitrogen and oxygen atoms in total. The first kappa shape index (κ1) is 19.0. The molecule has 1 saturated heterocycles. The van der Waals surface area contributed by atoms with Gasteiger partial charge in [0.1, 0.15) is 11.9 Å². The Kier molecular flexibility index (Phi) is 5.69. The van der Waals surface area contributed by atoms with Crippen molar-refractivity contribution < 1.29 is 14.3 Å². The van der Waals surface area contributed by atoms with E-state index in [1.54, 1.807) is 7.11 Å². The average molecular weight is 417 g/mol. The molecule has 2 aromatic carbocycles. The smallest absolute Gasteiger partial charge is 0.274 e. The van der Waals surface area contributed by atoms with Gasteiger partial charge in [0.05, 0.1) is 23.7 Å². The minimum Gasteiger partial charge on any atom is -0.497 e. The van der Waals surface area contributed by atoms with E-state index in [4.69, 9.17) is 21.1 Å². The highest BCUT2D eigenvalue weighted by molar-refractivity contribution is 7.20. The maximum Gasteiger partial charge on any atom is 0.274 e. The summed E-state index contributed by atoms with van der Waals surface area (Å²) in [7, 11) is 1.65. The summed E-state index contributed by atoms with van der Waals surface area (Å²) in [5.41, 5.74) is 1.90. The molecular weight excluding hydrogens is 396 g/mol. The first-order valence-corrected chi connectivity index (χ1v) is 10.4. The van der Waals surface area contributed by atoms with E-state index in [1.807, 2.05) is 47.4 Å². The average Bonchev–Trinajstić information content (AvgIpc) is 3.11. The highest BCUT2D eigenvalue weighted by Crippen LogP contribution is 2.32. The molecule has 28 heavy (non-hydrogen) atoms. The molecule has 0 radical (unpaired) electrons. The maximum absolute atomic E-state index is 12.5. The zero-order valence-electron chi connectivity index (χ0n) is 15.6. The highest BCUT2D eigenvalue weighted by Gasteiger charge is 2.24. The number of thiazole rings is 1. The Bertz CT molecular complexity index is 965. The first-order chi connectivity index (χ1) is 13.6. The summed E-state index contributed by atoms with van der Waals surface area (Å²) in [5.74, 6) is 0.961. The predicted octanol–water partition coefficient (Wildman–Crippen LogP) is 4.57. The van der Waals surface area contributed by atoms with Gasteiger partial charge in [0, 0.05) is 31.0 Å². The lowest BCUT2D eigenvalue weighted by atomic mass is 10.1. The molecular formula is C21H21ClN2O3S. The van der Waals surface area contributed by atoms with Gasteiger partial charge in [-0.15, -0.1) is 0 Å². The molecule has 2 heterocycles. The van der Waals surface area contributed by atoms with Crippen molar-refractivity contribution in [3.8, 4) is 10.9 Å². The minimum absolute atomic E-state index is 0.0852. The van der Waals surface area contributed by atoms with Crippen LogP contribution in [-0.4, -0.2) is 42.1 Å². The fourth-order valence-electron chi connectivity index (χ4n) is 3.32. The van der Waals surface area contributed by atoms with Crippen LogP contribution in [0.1, 0.15) is 18.4 Å². The Morgan fingerprint density at radius 1 is 1.21 bits per heavy atom. The Morgan fingerprint density at radius 2 is 1.96 bits per heavy atom. The summed E-state index contributed by atoms with van der Waals surface area (Å²) >= 11 is 7.43. The Morgan fingerprint density at radius 3 is 2.68 bits per heavy atom. The molecule has 146 valence electrons. The van der Waals surface area contributed by atoms with Gasteiger partial charge in [-0.25, -0.2) is 4.98 Å². The molecule has 0 atom stereocenters. The van der Waals surface area contributed by atoms with Crippen LogP contribution >= 0.6 is 22.9 Å². The van der Waals surface area contributed by atoms with Gasteiger partial charge in [0.2, 0.25) is 5.91 Å². The van der Waals surface area contributed by atoms with E-state index in [-0.39, 0.29) is 12.0 Å².